The number of rotatable bonds is 4. The topological polar surface area (TPSA) is 61.5 Å². The number of benzene rings is 2. The number of carbonyl (C=O) groups is 1. The monoisotopic (exact) mass is 305 g/mol. The molecule has 110 valence electrons. The van der Waals surface area contributed by atoms with Crippen molar-refractivity contribution < 1.29 is 14.3 Å². The molecule has 2 aromatic rings. The maximum Gasteiger partial charge on any atom is 0.199 e. The van der Waals surface area contributed by atoms with E-state index in [9.17, 15) is 4.79 Å². The number of hydrogen-bond donors (Lipinski definition) is 1. The van der Waals surface area contributed by atoms with Crippen molar-refractivity contribution in [2.24, 2.45) is 0 Å². The molecule has 0 amide bonds. The highest BCUT2D eigenvalue weighted by molar-refractivity contribution is 6.34. The smallest absolute Gasteiger partial charge is 0.199 e. The van der Waals surface area contributed by atoms with E-state index in [0.29, 0.717) is 22.6 Å². The lowest BCUT2D eigenvalue weighted by Crippen LogP contribution is -2.09. The van der Waals surface area contributed by atoms with Crippen molar-refractivity contribution in [3.8, 4) is 11.5 Å². The van der Waals surface area contributed by atoms with Gasteiger partial charge >= 0.3 is 0 Å². The van der Waals surface area contributed by atoms with Crippen molar-refractivity contribution in [2.45, 2.75) is 6.92 Å². The normalized spacial score (nSPS) is 10.3. The minimum absolute atomic E-state index is 0.230. The van der Waals surface area contributed by atoms with Crippen molar-refractivity contribution in [2.75, 3.05) is 20.0 Å². The molecule has 0 aliphatic rings. The number of nitrogen functional groups attached to an aromatic ring is 1. The van der Waals surface area contributed by atoms with E-state index in [1.54, 1.807) is 24.3 Å². The van der Waals surface area contributed by atoms with Gasteiger partial charge in [-0.1, -0.05) is 23.7 Å². The van der Waals surface area contributed by atoms with Crippen molar-refractivity contribution >= 4 is 23.1 Å². The van der Waals surface area contributed by atoms with Crippen LogP contribution in [-0.4, -0.2) is 20.0 Å². The third-order valence-corrected chi connectivity index (χ3v) is 3.62. The summed E-state index contributed by atoms with van der Waals surface area (Å²) in [6.45, 7) is 1.83. The van der Waals surface area contributed by atoms with E-state index in [0.717, 1.165) is 5.56 Å². The third kappa shape index (κ3) is 2.67. The molecule has 0 saturated heterocycles. The quantitative estimate of drug-likeness (QED) is 0.694. The molecule has 2 N–H and O–H groups in total. The summed E-state index contributed by atoms with van der Waals surface area (Å²) in [5.41, 5.74) is 7.96. The lowest BCUT2D eigenvalue weighted by molar-refractivity contribution is 0.103. The molecule has 21 heavy (non-hydrogen) atoms. The van der Waals surface area contributed by atoms with Gasteiger partial charge in [0.2, 0.25) is 0 Å². The van der Waals surface area contributed by atoms with E-state index < -0.39 is 0 Å². The van der Waals surface area contributed by atoms with Crippen LogP contribution in [0.5, 0.6) is 11.5 Å². The second-order valence-electron chi connectivity index (χ2n) is 4.53. The number of halogens is 1. The zero-order valence-corrected chi connectivity index (χ0v) is 12.8. The largest absolute Gasteiger partial charge is 0.495 e. The van der Waals surface area contributed by atoms with E-state index >= 15 is 0 Å². The van der Waals surface area contributed by atoms with E-state index in [-0.39, 0.29) is 16.6 Å². The van der Waals surface area contributed by atoms with Gasteiger partial charge in [-0.2, -0.15) is 0 Å². The van der Waals surface area contributed by atoms with Gasteiger partial charge in [0.1, 0.15) is 10.8 Å². The number of ketones is 1. The summed E-state index contributed by atoms with van der Waals surface area (Å²) in [5.74, 6) is 0.499. The standard InChI is InChI=1S/C16H16ClNO3/c1-9-5-4-6-11(18)13(9)15(19)10-7-8-12(20-2)14(17)16(10)21-3/h4-8H,18H2,1-3H3. The van der Waals surface area contributed by atoms with E-state index in [1.165, 1.54) is 14.2 Å². The Labute approximate surface area is 128 Å². The second kappa shape index (κ2) is 6.06. The van der Waals surface area contributed by atoms with Crippen LogP contribution >= 0.6 is 11.6 Å². The number of anilines is 1. The third-order valence-electron chi connectivity index (χ3n) is 3.26. The molecule has 0 unspecified atom stereocenters. The fraction of sp³-hybridized carbons (Fsp3) is 0.188. The van der Waals surface area contributed by atoms with Crippen LogP contribution in [0.4, 0.5) is 5.69 Å². The Morgan fingerprint density at radius 2 is 1.86 bits per heavy atom. The van der Waals surface area contributed by atoms with Crippen LogP contribution in [0.25, 0.3) is 0 Å². The van der Waals surface area contributed by atoms with Gasteiger partial charge in [0.25, 0.3) is 0 Å². The van der Waals surface area contributed by atoms with Crippen molar-refractivity contribution in [3.05, 3.63) is 52.0 Å². The summed E-state index contributed by atoms with van der Waals surface area (Å²) >= 11 is 6.19. The molecule has 0 aliphatic heterocycles. The molecule has 0 aliphatic carbocycles. The zero-order valence-electron chi connectivity index (χ0n) is 12.1. The molecular formula is C16H16ClNO3. The Morgan fingerprint density at radius 3 is 2.43 bits per heavy atom. The number of ether oxygens (including phenoxy) is 2. The number of carbonyl (C=O) groups excluding carboxylic acids is 1. The lowest BCUT2D eigenvalue weighted by Gasteiger charge is -2.14. The first-order valence-corrected chi connectivity index (χ1v) is 6.69. The SMILES string of the molecule is COc1ccc(C(=O)c2c(C)cccc2N)c(OC)c1Cl. The van der Waals surface area contributed by atoms with Gasteiger partial charge in [-0.05, 0) is 30.7 Å². The summed E-state index contributed by atoms with van der Waals surface area (Å²) in [4.78, 5) is 12.8. The van der Waals surface area contributed by atoms with Crippen molar-refractivity contribution in [1.29, 1.82) is 0 Å². The predicted molar refractivity (Wildman–Crippen MR) is 83.6 cm³/mol. The summed E-state index contributed by atoms with van der Waals surface area (Å²) in [7, 11) is 2.96. The maximum atomic E-state index is 12.8. The molecule has 0 saturated carbocycles. The van der Waals surface area contributed by atoms with Gasteiger partial charge in [-0.15, -0.1) is 0 Å². The Hall–Kier alpha value is -2.20. The molecule has 4 nitrogen and oxygen atoms in total. The van der Waals surface area contributed by atoms with Gasteiger partial charge in [-0.3, -0.25) is 4.79 Å². The van der Waals surface area contributed by atoms with E-state index in [1.807, 2.05) is 13.0 Å². The van der Waals surface area contributed by atoms with Crippen molar-refractivity contribution in [3.63, 3.8) is 0 Å². The van der Waals surface area contributed by atoms with E-state index in [2.05, 4.69) is 0 Å². The van der Waals surface area contributed by atoms with Crippen LogP contribution in [0.15, 0.2) is 30.3 Å². The molecule has 0 radical (unpaired) electrons. The molecule has 2 rings (SSSR count). The number of aryl methyl sites for hydroxylation is 1. The maximum absolute atomic E-state index is 12.8. The zero-order chi connectivity index (χ0) is 15.6. The van der Waals surface area contributed by atoms with Crippen LogP contribution in [0.2, 0.25) is 5.02 Å². The van der Waals surface area contributed by atoms with Crippen LogP contribution in [0, 0.1) is 6.92 Å². The van der Waals surface area contributed by atoms with Gasteiger partial charge in [0.05, 0.1) is 19.8 Å². The molecule has 0 aromatic heterocycles. The number of hydrogen-bond acceptors (Lipinski definition) is 4. The fourth-order valence-corrected chi connectivity index (χ4v) is 2.53. The van der Waals surface area contributed by atoms with Crippen LogP contribution in [0.3, 0.4) is 0 Å². The molecule has 0 bridgehead atoms. The first-order valence-electron chi connectivity index (χ1n) is 6.31. The van der Waals surface area contributed by atoms with Crippen LogP contribution < -0.4 is 15.2 Å². The molecule has 0 fully saturated rings. The molecule has 5 heteroatoms. The van der Waals surface area contributed by atoms with Gasteiger partial charge in [-0.25, -0.2) is 0 Å². The summed E-state index contributed by atoms with van der Waals surface area (Å²) in [6.07, 6.45) is 0. The van der Waals surface area contributed by atoms with Gasteiger partial charge in [0.15, 0.2) is 11.5 Å². The Morgan fingerprint density at radius 1 is 1.14 bits per heavy atom. The summed E-state index contributed by atoms with van der Waals surface area (Å²) in [6, 6.07) is 8.59. The predicted octanol–water partition coefficient (Wildman–Crippen LogP) is 3.48. The lowest BCUT2D eigenvalue weighted by atomic mass is 9.96. The summed E-state index contributed by atoms with van der Waals surface area (Å²) < 4.78 is 10.4. The van der Waals surface area contributed by atoms with Gasteiger partial charge in [0, 0.05) is 11.3 Å². The molecular weight excluding hydrogens is 290 g/mol. The first-order chi connectivity index (χ1) is 10.0. The number of nitrogens with two attached hydrogens (primary N) is 1. The first kappa shape index (κ1) is 15.2. The molecule has 0 spiro atoms. The average molecular weight is 306 g/mol. The Bertz CT molecular complexity index is 678. The molecule has 2 aromatic carbocycles. The van der Waals surface area contributed by atoms with Crippen LogP contribution in [-0.2, 0) is 0 Å². The molecule has 0 atom stereocenters. The Balaban J connectivity index is 2.62. The average Bonchev–Trinajstić information content (AvgIpc) is 2.46. The van der Waals surface area contributed by atoms with Crippen LogP contribution in [0.1, 0.15) is 21.5 Å². The highest BCUT2D eigenvalue weighted by Crippen LogP contribution is 2.38. The van der Waals surface area contributed by atoms with Crippen molar-refractivity contribution in [1.82, 2.24) is 0 Å². The van der Waals surface area contributed by atoms with Gasteiger partial charge < -0.3 is 15.2 Å². The minimum atomic E-state index is -0.230. The minimum Gasteiger partial charge on any atom is -0.495 e. The van der Waals surface area contributed by atoms with E-state index in [4.69, 9.17) is 26.8 Å². The highest BCUT2D eigenvalue weighted by atomic mass is 35.5. The second-order valence-corrected chi connectivity index (χ2v) is 4.91. The molecule has 0 heterocycles. The Kier molecular flexibility index (Phi) is 4.38. The highest BCUT2D eigenvalue weighted by Gasteiger charge is 2.22. The summed E-state index contributed by atoms with van der Waals surface area (Å²) in [5, 5.41) is 0.262. The fourth-order valence-electron chi connectivity index (χ4n) is 2.21. The number of methoxy groups -OCH3 is 2.